The van der Waals surface area contributed by atoms with Gasteiger partial charge in [0.05, 0.1) is 0 Å². The van der Waals surface area contributed by atoms with E-state index in [1.807, 2.05) is 0 Å². The Kier molecular flexibility index (Phi) is 1.99. The van der Waals surface area contributed by atoms with Crippen LogP contribution in [0.4, 0.5) is 0 Å². The van der Waals surface area contributed by atoms with E-state index in [-0.39, 0.29) is 0 Å². The van der Waals surface area contributed by atoms with E-state index in [9.17, 15) is 0 Å². The molecule has 0 heteroatoms. The molecular formula is C13H16. The van der Waals surface area contributed by atoms with Crippen LogP contribution in [0.1, 0.15) is 37.8 Å². The lowest BCUT2D eigenvalue weighted by atomic mass is 9.72. The highest BCUT2D eigenvalue weighted by molar-refractivity contribution is 5.59. The molecule has 0 saturated heterocycles. The molecule has 0 nitrogen and oxygen atoms in total. The van der Waals surface area contributed by atoms with E-state index in [1.54, 1.807) is 0 Å². The minimum Gasteiger partial charge on any atom is -0.0831 e. The van der Waals surface area contributed by atoms with Gasteiger partial charge in [0.25, 0.3) is 0 Å². The highest BCUT2D eigenvalue weighted by Gasteiger charge is 2.26. The second kappa shape index (κ2) is 3.02. The fraction of sp³-hybridized carbons (Fsp3) is 0.385. The maximum atomic E-state index is 2.36. The van der Waals surface area contributed by atoms with Gasteiger partial charge in [-0.1, -0.05) is 50.3 Å². The molecule has 68 valence electrons. The van der Waals surface area contributed by atoms with E-state index in [1.165, 1.54) is 24.0 Å². The average molecular weight is 172 g/mol. The van der Waals surface area contributed by atoms with Gasteiger partial charge in [-0.05, 0) is 29.4 Å². The van der Waals surface area contributed by atoms with Crippen LogP contribution in [0, 0.1) is 0 Å². The molecule has 1 aliphatic carbocycles. The van der Waals surface area contributed by atoms with Crippen LogP contribution in [0.2, 0.25) is 0 Å². The molecule has 1 aromatic carbocycles. The lowest BCUT2D eigenvalue weighted by Gasteiger charge is -2.32. The Bertz CT molecular complexity index is 336. The van der Waals surface area contributed by atoms with Crippen molar-refractivity contribution in [3.63, 3.8) is 0 Å². The Morgan fingerprint density at radius 2 is 2.08 bits per heavy atom. The van der Waals surface area contributed by atoms with Gasteiger partial charge in [0.15, 0.2) is 0 Å². The van der Waals surface area contributed by atoms with Crippen LogP contribution < -0.4 is 0 Å². The van der Waals surface area contributed by atoms with Gasteiger partial charge in [-0.25, -0.2) is 0 Å². The van der Waals surface area contributed by atoms with Crippen molar-refractivity contribution in [3.05, 3.63) is 41.5 Å². The van der Waals surface area contributed by atoms with Gasteiger partial charge in [0.1, 0.15) is 0 Å². The normalized spacial score (nSPS) is 25.7. The number of allylic oxidation sites excluding steroid dienone is 1. The van der Waals surface area contributed by atoms with Crippen LogP contribution in [0.25, 0.3) is 6.08 Å². The summed E-state index contributed by atoms with van der Waals surface area (Å²) >= 11 is 0. The van der Waals surface area contributed by atoms with E-state index in [4.69, 9.17) is 0 Å². The topological polar surface area (TPSA) is 0 Å². The average Bonchev–Trinajstić information content (AvgIpc) is 2.19. The molecule has 1 atom stereocenters. The highest BCUT2D eigenvalue weighted by Crippen LogP contribution is 2.37. The lowest BCUT2D eigenvalue weighted by Crippen LogP contribution is -2.23. The fourth-order valence-corrected chi connectivity index (χ4v) is 2.08. The molecule has 1 aromatic rings. The summed E-state index contributed by atoms with van der Waals surface area (Å²) in [5.41, 5.74) is 3.28. The van der Waals surface area contributed by atoms with Crippen molar-refractivity contribution in [3.8, 4) is 0 Å². The monoisotopic (exact) mass is 172 g/mol. The van der Waals surface area contributed by atoms with Gasteiger partial charge >= 0.3 is 0 Å². The Morgan fingerprint density at radius 3 is 2.85 bits per heavy atom. The third-order valence-corrected chi connectivity index (χ3v) is 3.26. The fourth-order valence-electron chi connectivity index (χ4n) is 2.08. The number of hydrogen-bond donors (Lipinski definition) is 0. The van der Waals surface area contributed by atoms with Crippen LogP contribution >= 0.6 is 0 Å². The van der Waals surface area contributed by atoms with Crippen LogP contribution in [0.15, 0.2) is 30.3 Å². The standard InChI is InChI=1S/C13H16/c1-3-13(2)10-6-8-11-7-4-5-9-12(11)13/h4-9H,3,10H2,1-2H3. The van der Waals surface area contributed by atoms with Gasteiger partial charge in [0, 0.05) is 0 Å². The van der Waals surface area contributed by atoms with Crippen molar-refractivity contribution < 1.29 is 0 Å². The zero-order valence-corrected chi connectivity index (χ0v) is 8.38. The van der Waals surface area contributed by atoms with Crippen molar-refractivity contribution in [1.29, 1.82) is 0 Å². The minimum atomic E-state index is 0.366. The summed E-state index contributed by atoms with van der Waals surface area (Å²) in [6.07, 6.45) is 6.94. The molecule has 0 radical (unpaired) electrons. The van der Waals surface area contributed by atoms with Gasteiger partial charge < -0.3 is 0 Å². The molecule has 0 heterocycles. The lowest BCUT2D eigenvalue weighted by molar-refractivity contribution is 0.457. The number of rotatable bonds is 1. The van der Waals surface area contributed by atoms with Crippen LogP contribution in [0.3, 0.4) is 0 Å². The number of fused-ring (bicyclic) bond motifs is 1. The van der Waals surface area contributed by atoms with E-state index in [2.05, 4.69) is 50.3 Å². The van der Waals surface area contributed by atoms with Gasteiger partial charge in [-0.15, -0.1) is 0 Å². The molecule has 1 unspecified atom stereocenters. The van der Waals surface area contributed by atoms with E-state index < -0.39 is 0 Å². The summed E-state index contributed by atoms with van der Waals surface area (Å²) in [5.74, 6) is 0. The molecule has 0 aliphatic heterocycles. The molecule has 0 fully saturated rings. The Morgan fingerprint density at radius 1 is 1.31 bits per heavy atom. The predicted molar refractivity (Wildman–Crippen MR) is 57.7 cm³/mol. The number of hydrogen-bond acceptors (Lipinski definition) is 0. The van der Waals surface area contributed by atoms with Crippen molar-refractivity contribution in [2.24, 2.45) is 0 Å². The third-order valence-electron chi connectivity index (χ3n) is 3.26. The summed E-state index contributed by atoms with van der Waals surface area (Å²) in [4.78, 5) is 0. The molecule has 0 saturated carbocycles. The zero-order chi connectivity index (χ0) is 9.31. The van der Waals surface area contributed by atoms with Crippen LogP contribution in [-0.4, -0.2) is 0 Å². The number of benzene rings is 1. The molecule has 0 aromatic heterocycles. The van der Waals surface area contributed by atoms with Gasteiger partial charge in [-0.3, -0.25) is 0 Å². The summed E-state index contributed by atoms with van der Waals surface area (Å²) in [6.45, 7) is 4.63. The second-order valence-corrected chi connectivity index (χ2v) is 4.11. The molecule has 0 N–H and O–H groups in total. The quantitative estimate of drug-likeness (QED) is 0.605. The molecular weight excluding hydrogens is 156 g/mol. The molecule has 2 rings (SSSR count). The summed E-state index contributed by atoms with van der Waals surface area (Å²) < 4.78 is 0. The summed E-state index contributed by atoms with van der Waals surface area (Å²) in [7, 11) is 0. The smallest absolute Gasteiger partial charge is 0.00374 e. The van der Waals surface area contributed by atoms with Crippen molar-refractivity contribution in [2.75, 3.05) is 0 Å². The first-order valence-corrected chi connectivity index (χ1v) is 5.02. The second-order valence-electron chi connectivity index (χ2n) is 4.11. The van der Waals surface area contributed by atoms with Crippen molar-refractivity contribution >= 4 is 6.08 Å². The van der Waals surface area contributed by atoms with Crippen molar-refractivity contribution in [1.82, 2.24) is 0 Å². The highest BCUT2D eigenvalue weighted by atomic mass is 14.3. The first-order valence-electron chi connectivity index (χ1n) is 5.02. The van der Waals surface area contributed by atoms with Gasteiger partial charge in [0.2, 0.25) is 0 Å². The minimum absolute atomic E-state index is 0.366. The molecule has 13 heavy (non-hydrogen) atoms. The third kappa shape index (κ3) is 1.31. The van der Waals surface area contributed by atoms with E-state index >= 15 is 0 Å². The van der Waals surface area contributed by atoms with Crippen molar-refractivity contribution in [2.45, 2.75) is 32.1 Å². The Hall–Kier alpha value is -1.04. The summed E-state index contributed by atoms with van der Waals surface area (Å²) in [5, 5.41) is 0. The van der Waals surface area contributed by atoms with E-state index in [0.717, 1.165) is 0 Å². The van der Waals surface area contributed by atoms with Crippen LogP contribution in [0.5, 0.6) is 0 Å². The first-order chi connectivity index (χ1) is 6.26. The Balaban J connectivity index is 2.55. The largest absolute Gasteiger partial charge is 0.0831 e. The van der Waals surface area contributed by atoms with Gasteiger partial charge in [-0.2, -0.15) is 0 Å². The SMILES string of the molecule is CCC1(C)CC=Cc2ccccc21. The van der Waals surface area contributed by atoms with E-state index in [0.29, 0.717) is 5.41 Å². The first kappa shape index (κ1) is 8.55. The summed E-state index contributed by atoms with van der Waals surface area (Å²) in [6, 6.07) is 8.73. The molecule has 0 amide bonds. The molecule has 1 aliphatic rings. The maximum Gasteiger partial charge on any atom is -0.00374 e. The Labute approximate surface area is 80.3 Å². The maximum absolute atomic E-state index is 2.36. The molecule has 0 spiro atoms. The molecule has 0 bridgehead atoms. The zero-order valence-electron chi connectivity index (χ0n) is 8.38. The predicted octanol–water partition coefficient (Wildman–Crippen LogP) is 3.77. The van der Waals surface area contributed by atoms with Crippen LogP contribution in [-0.2, 0) is 5.41 Å².